The van der Waals surface area contributed by atoms with Crippen molar-refractivity contribution >= 4 is 17.0 Å². The van der Waals surface area contributed by atoms with E-state index in [4.69, 9.17) is 10.2 Å². The van der Waals surface area contributed by atoms with Gasteiger partial charge in [-0.1, -0.05) is 6.07 Å². The Morgan fingerprint density at radius 3 is 3.00 bits per heavy atom. The molecule has 2 N–H and O–H groups in total. The van der Waals surface area contributed by atoms with E-state index in [1.807, 2.05) is 29.7 Å². The molecule has 0 saturated carbocycles. The molecule has 0 atom stereocenters. The average molecular weight is 227 g/mol. The van der Waals surface area contributed by atoms with Crippen molar-refractivity contribution in [2.45, 2.75) is 13.5 Å². The number of hydrogen-bond acceptors (Lipinski definition) is 3. The van der Waals surface area contributed by atoms with Crippen molar-refractivity contribution in [1.82, 2.24) is 9.55 Å². The molecule has 86 valence electrons. The van der Waals surface area contributed by atoms with Gasteiger partial charge in [0.25, 0.3) is 0 Å². The van der Waals surface area contributed by atoms with Gasteiger partial charge in [0.1, 0.15) is 0 Å². The van der Waals surface area contributed by atoms with Crippen LogP contribution in [0.1, 0.15) is 11.1 Å². The maximum Gasteiger partial charge on any atom is 0.201 e. The van der Waals surface area contributed by atoms with E-state index in [9.17, 15) is 0 Å². The zero-order valence-corrected chi connectivity index (χ0v) is 9.55. The van der Waals surface area contributed by atoms with Crippen LogP contribution < -0.4 is 5.73 Å². The summed E-state index contributed by atoms with van der Waals surface area (Å²) in [6.45, 7) is 2.73. The van der Waals surface area contributed by atoms with Gasteiger partial charge >= 0.3 is 0 Å². The maximum atomic E-state index is 5.94. The number of nitrogens with zero attached hydrogens (tertiary/aromatic N) is 2. The van der Waals surface area contributed by atoms with Gasteiger partial charge in [0.2, 0.25) is 5.95 Å². The summed E-state index contributed by atoms with van der Waals surface area (Å²) in [5.74, 6) is 0.534. The summed E-state index contributed by atoms with van der Waals surface area (Å²) in [5.41, 5.74) is 10.2. The number of aromatic nitrogens is 2. The molecule has 0 aliphatic heterocycles. The highest BCUT2D eigenvalue weighted by atomic mass is 16.3. The van der Waals surface area contributed by atoms with Crippen LogP contribution in [0, 0.1) is 6.92 Å². The summed E-state index contributed by atoms with van der Waals surface area (Å²) in [7, 11) is 0. The molecule has 0 aliphatic carbocycles. The lowest BCUT2D eigenvalue weighted by atomic mass is 10.2. The number of benzene rings is 1. The minimum Gasteiger partial charge on any atom is -0.472 e. The van der Waals surface area contributed by atoms with Crippen molar-refractivity contribution in [3.63, 3.8) is 0 Å². The zero-order valence-electron chi connectivity index (χ0n) is 9.55. The third-order valence-electron chi connectivity index (χ3n) is 2.85. The van der Waals surface area contributed by atoms with Crippen molar-refractivity contribution in [2.75, 3.05) is 5.73 Å². The minimum absolute atomic E-state index is 0.534. The van der Waals surface area contributed by atoms with E-state index in [2.05, 4.69) is 11.1 Å². The van der Waals surface area contributed by atoms with Crippen molar-refractivity contribution in [3.05, 3.63) is 47.9 Å². The highest BCUT2D eigenvalue weighted by Crippen LogP contribution is 2.20. The Morgan fingerprint density at radius 1 is 1.35 bits per heavy atom. The molecule has 2 heterocycles. The molecule has 0 spiro atoms. The van der Waals surface area contributed by atoms with Gasteiger partial charge < -0.3 is 14.7 Å². The number of rotatable bonds is 2. The van der Waals surface area contributed by atoms with Gasteiger partial charge in [-0.05, 0) is 30.7 Å². The molecular formula is C13H13N3O. The number of hydrogen-bond donors (Lipinski definition) is 1. The fraction of sp³-hybridized carbons (Fsp3) is 0.154. The molecule has 17 heavy (non-hydrogen) atoms. The van der Waals surface area contributed by atoms with Gasteiger partial charge in [-0.15, -0.1) is 0 Å². The predicted octanol–water partition coefficient (Wildman–Crippen LogP) is 2.57. The first-order chi connectivity index (χ1) is 8.24. The molecule has 0 radical (unpaired) electrons. The van der Waals surface area contributed by atoms with Crippen molar-refractivity contribution in [2.24, 2.45) is 0 Å². The van der Waals surface area contributed by atoms with Gasteiger partial charge in [0.05, 0.1) is 30.1 Å². The van der Waals surface area contributed by atoms with Crippen LogP contribution in [0.25, 0.3) is 11.0 Å². The number of aryl methyl sites for hydroxylation is 1. The number of nitrogens with two attached hydrogens (primary N) is 1. The first-order valence-corrected chi connectivity index (χ1v) is 5.47. The molecule has 2 aromatic heterocycles. The molecule has 3 aromatic rings. The minimum atomic E-state index is 0.534. The molecule has 0 bridgehead atoms. The molecule has 0 aliphatic rings. The van der Waals surface area contributed by atoms with Crippen LogP contribution in [0.4, 0.5) is 5.95 Å². The Bertz CT molecular complexity index is 653. The largest absolute Gasteiger partial charge is 0.472 e. The Balaban J connectivity index is 2.12. The monoisotopic (exact) mass is 227 g/mol. The van der Waals surface area contributed by atoms with Gasteiger partial charge in [-0.25, -0.2) is 4.98 Å². The summed E-state index contributed by atoms with van der Waals surface area (Å²) < 4.78 is 7.05. The van der Waals surface area contributed by atoms with Gasteiger partial charge in [0, 0.05) is 5.56 Å². The van der Waals surface area contributed by atoms with Crippen LogP contribution in [0.5, 0.6) is 0 Å². The van der Waals surface area contributed by atoms with E-state index in [-0.39, 0.29) is 0 Å². The molecule has 1 aromatic carbocycles. The first-order valence-electron chi connectivity index (χ1n) is 5.47. The summed E-state index contributed by atoms with van der Waals surface area (Å²) in [4.78, 5) is 4.36. The second-order valence-corrected chi connectivity index (χ2v) is 4.18. The summed E-state index contributed by atoms with van der Waals surface area (Å²) in [6, 6.07) is 8.08. The Morgan fingerprint density at radius 2 is 2.24 bits per heavy atom. The molecular weight excluding hydrogens is 214 g/mol. The van der Waals surface area contributed by atoms with Crippen LogP contribution in [0.2, 0.25) is 0 Å². The standard InChI is InChI=1S/C13H13N3O/c1-9-2-3-12-11(6-9)15-13(14)16(12)7-10-4-5-17-8-10/h2-6,8H,7H2,1H3,(H2,14,15). The summed E-state index contributed by atoms with van der Waals surface area (Å²) in [6.07, 6.45) is 3.38. The predicted molar refractivity (Wildman–Crippen MR) is 66.7 cm³/mol. The third kappa shape index (κ3) is 1.67. The summed E-state index contributed by atoms with van der Waals surface area (Å²) in [5, 5.41) is 0. The molecule has 4 nitrogen and oxygen atoms in total. The zero-order chi connectivity index (χ0) is 11.8. The summed E-state index contributed by atoms with van der Waals surface area (Å²) >= 11 is 0. The molecule has 4 heteroatoms. The van der Waals surface area contributed by atoms with Crippen LogP contribution in [0.3, 0.4) is 0 Å². The number of anilines is 1. The Hall–Kier alpha value is -2.23. The second-order valence-electron chi connectivity index (χ2n) is 4.18. The normalized spacial score (nSPS) is 11.1. The van der Waals surface area contributed by atoms with Gasteiger partial charge in [0.15, 0.2) is 0 Å². The van der Waals surface area contributed by atoms with Gasteiger partial charge in [-0.3, -0.25) is 0 Å². The Kier molecular flexibility index (Phi) is 2.14. The maximum absolute atomic E-state index is 5.94. The highest BCUT2D eigenvalue weighted by Gasteiger charge is 2.08. The smallest absolute Gasteiger partial charge is 0.201 e. The van der Waals surface area contributed by atoms with E-state index in [0.29, 0.717) is 12.5 Å². The number of fused-ring (bicyclic) bond motifs is 1. The third-order valence-corrected chi connectivity index (χ3v) is 2.85. The second kappa shape index (κ2) is 3.66. The molecule has 0 amide bonds. The van der Waals surface area contributed by atoms with Crippen LogP contribution >= 0.6 is 0 Å². The van der Waals surface area contributed by atoms with Crippen molar-refractivity contribution in [3.8, 4) is 0 Å². The lowest BCUT2D eigenvalue weighted by molar-refractivity contribution is 0.562. The quantitative estimate of drug-likeness (QED) is 0.732. The Labute approximate surface area is 98.7 Å². The SMILES string of the molecule is Cc1ccc2c(c1)nc(N)n2Cc1ccoc1. The van der Waals surface area contributed by atoms with Crippen LogP contribution in [-0.4, -0.2) is 9.55 Å². The average Bonchev–Trinajstić information content (AvgIpc) is 2.88. The van der Waals surface area contributed by atoms with E-state index >= 15 is 0 Å². The molecule has 0 saturated heterocycles. The number of furan rings is 1. The van der Waals surface area contributed by atoms with E-state index in [1.54, 1.807) is 12.5 Å². The van der Waals surface area contributed by atoms with E-state index in [1.165, 1.54) is 5.56 Å². The molecule has 0 fully saturated rings. The van der Waals surface area contributed by atoms with Crippen LogP contribution in [0.15, 0.2) is 41.2 Å². The highest BCUT2D eigenvalue weighted by molar-refractivity contribution is 5.79. The lowest BCUT2D eigenvalue weighted by Gasteiger charge is -2.04. The van der Waals surface area contributed by atoms with Crippen molar-refractivity contribution in [1.29, 1.82) is 0 Å². The first kappa shape index (κ1) is 9.96. The van der Waals surface area contributed by atoms with Crippen LogP contribution in [-0.2, 0) is 6.54 Å². The fourth-order valence-corrected chi connectivity index (χ4v) is 1.99. The van der Waals surface area contributed by atoms with Crippen molar-refractivity contribution < 1.29 is 4.42 Å². The van der Waals surface area contributed by atoms with E-state index < -0.39 is 0 Å². The number of nitrogen functional groups attached to an aromatic ring is 1. The lowest BCUT2D eigenvalue weighted by Crippen LogP contribution is -2.03. The topological polar surface area (TPSA) is 57.0 Å². The van der Waals surface area contributed by atoms with Gasteiger partial charge in [-0.2, -0.15) is 0 Å². The molecule has 3 rings (SSSR count). The van der Waals surface area contributed by atoms with E-state index in [0.717, 1.165) is 16.6 Å². The molecule has 0 unspecified atom stereocenters. The number of imidazole rings is 1. The fourth-order valence-electron chi connectivity index (χ4n) is 1.99.